The molecule has 15 heavy (non-hydrogen) atoms. The molecule has 0 aromatic carbocycles. The van der Waals surface area contributed by atoms with Crippen LogP contribution in [0.25, 0.3) is 0 Å². The molecule has 0 aromatic heterocycles. The highest BCUT2D eigenvalue weighted by atomic mass is 16.4. The average molecular weight is 211 g/mol. The molecule has 1 heterocycles. The minimum absolute atomic E-state index is 0.198. The lowest BCUT2D eigenvalue weighted by Gasteiger charge is -2.36. The van der Waals surface area contributed by atoms with Crippen LogP contribution in [0.4, 0.5) is 0 Å². The molecule has 2 atom stereocenters. The number of rotatable bonds is 2. The van der Waals surface area contributed by atoms with Gasteiger partial charge in [0, 0.05) is 24.7 Å². The summed E-state index contributed by atoms with van der Waals surface area (Å²) in [4.78, 5) is 23.7. The van der Waals surface area contributed by atoms with Crippen LogP contribution < -0.4 is 0 Å². The third-order valence-corrected chi connectivity index (χ3v) is 2.77. The van der Waals surface area contributed by atoms with Crippen LogP contribution >= 0.6 is 0 Å². The van der Waals surface area contributed by atoms with Crippen LogP contribution in [-0.2, 0) is 9.59 Å². The highest BCUT2D eigenvalue weighted by molar-refractivity contribution is 5.94. The first kappa shape index (κ1) is 11.8. The fourth-order valence-electron chi connectivity index (χ4n) is 1.83. The number of nitrogens with zero attached hydrogens (tertiary/aromatic N) is 1. The van der Waals surface area contributed by atoms with Crippen LogP contribution in [0.1, 0.15) is 26.7 Å². The lowest BCUT2D eigenvalue weighted by molar-refractivity contribution is -0.133. The SMILES string of the molecule is CC1CCC(C)N(C(=O)C=CC(=O)O)C1. The van der Waals surface area contributed by atoms with Gasteiger partial charge in [-0.25, -0.2) is 4.79 Å². The Labute approximate surface area is 89.6 Å². The van der Waals surface area contributed by atoms with Crippen molar-refractivity contribution in [3.8, 4) is 0 Å². The van der Waals surface area contributed by atoms with E-state index < -0.39 is 5.97 Å². The maximum Gasteiger partial charge on any atom is 0.328 e. The van der Waals surface area contributed by atoms with Gasteiger partial charge in [0.25, 0.3) is 0 Å². The Morgan fingerprint density at radius 3 is 2.53 bits per heavy atom. The zero-order chi connectivity index (χ0) is 11.4. The third-order valence-electron chi connectivity index (χ3n) is 2.77. The van der Waals surface area contributed by atoms with Gasteiger partial charge in [0.2, 0.25) is 5.91 Å². The highest BCUT2D eigenvalue weighted by Gasteiger charge is 2.25. The van der Waals surface area contributed by atoms with Crippen molar-refractivity contribution in [3.05, 3.63) is 12.2 Å². The minimum Gasteiger partial charge on any atom is -0.478 e. The topological polar surface area (TPSA) is 57.6 Å². The second-order valence-corrected chi connectivity index (χ2v) is 4.19. The van der Waals surface area contributed by atoms with Crippen LogP contribution in [0.3, 0.4) is 0 Å². The van der Waals surface area contributed by atoms with E-state index in [1.54, 1.807) is 4.90 Å². The molecule has 0 aliphatic carbocycles. The molecule has 2 unspecified atom stereocenters. The molecule has 1 aliphatic rings. The Morgan fingerprint density at radius 2 is 1.93 bits per heavy atom. The molecule has 0 spiro atoms. The fraction of sp³-hybridized carbons (Fsp3) is 0.636. The number of likely N-dealkylation sites (tertiary alicyclic amines) is 1. The monoisotopic (exact) mass is 211 g/mol. The van der Waals surface area contributed by atoms with E-state index in [2.05, 4.69) is 6.92 Å². The van der Waals surface area contributed by atoms with Crippen LogP contribution in [0.15, 0.2) is 12.2 Å². The Bertz CT molecular complexity index is 286. The summed E-state index contributed by atoms with van der Waals surface area (Å²) in [6.07, 6.45) is 4.16. The molecule has 1 fully saturated rings. The van der Waals surface area contributed by atoms with E-state index in [0.29, 0.717) is 5.92 Å². The summed E-state index contributed by atoms with van der Waals surface area (Å²) in [6.45, 7) is 4.83. The molecular weight excluding hydrogens is 194 g/mol. The van der Waals surface area contributed by atoms with Crippen LogP contribution in [0.5, 0.6) is 0 Å². The minimum atomic E-state index is -1.08. The first-order chi connectivity index (χ1) is 7.00. The Balaban J connectivity index is 2.60. The summed E-state index contributed by atoms with van der Waals surface area (Å²) in [5, 5.41) is 8.42. The lowest BCUT2D eigenvalue weighted by atomic mass is 9.95. The number of amides is 1. The van der Waals surface area contributed by atoms with E-state index >= 15 is 0 Å². The highest BCUT2D eigenvalue weighted by Crippen LogP contribution is 2.21. The molecule has 1 N–H and O–H groups in total. The number of carboxylic acid groups (broad SMARTS) is 1. The van der Waals surface area contributed by atoms with Gasteiger partial charge in [0.05, 0.1) is 0 Å². The van der Waals surface area contributed by atoms with E-state index in [0.717, 1.165) is 31.5 Å². The average Bonchev–Trinajstić information content (AvgIpc) is 2.18. The number of carbonyl (C=O) groups excluding carboxylic acids is 1. The van der Waals surface area contributed by atoms with Crippen molar-refractivity contribution in [3.63, 3.8) is 0 Å². The van der Waals surface area contributed by atoms with Gasteiger partial charge in [-0.2, -0.15) is 0 Å². The van der Waals surface area contributed by atoms with Gasteiger partial charge in [-0.3, -0.25) is 4.79 Å². The Kier molecular flexibility index (Phi) is 3.88. The summed E-state index contributed by atoms with van der Waals surface area (Å²) >= 11 is 0. The van der Waals surface area contributed by atoms with E-state index in [4.69, 9.17) is 5.11 Å². The summed E-state index contributed by atoms with van der Waals surface area (Å²) in [7, 11) is 0. The van der Waals surface area contributed by atoms with Gasteiger partial charge in [-0.1, -0.05) is 6.92 Å². The van der Waals surface area contributed by atoms with Crippen molar-refractivity contribution in [2.45, 2.75) is 32.7 Å². The van der Waals surface area contributed by atoms with Crippen molar-refractivity contribution in [1.29, 1.82) is 0 Å². The van der Waals surface area contributed by atoms with Gasteiger partial charge in [0.15, 0.2) is 0 Å². The molecule has 0 radical (unpaired) electrons. The van der Waals surface area contributed by atoms with Crippen molar-refractivity contribution in [2.75, 3.05) is 6.54 Å². The predicted octanol–water partition coefficient (Wildman–Crippen LogP) is 1.27. The normalized spacial score (nSPS) is 26.9. The molecule has 84 valence electrons. The molecule has 4 nitrogen and oxygen atoms in total. The number of hydrogen-bond acceptors (Lipinski definition) is 2. The van der Waals surface area contributed by atoms with E-state index in [9.17, 15) is 9.59 Å². The zero-order valence-corrected chi connectivity index (χ0v) is 9.14. The second-order valence-electron chi connectivity index (χ2n) is 4.19. The van der Waals surface area contributed by atoms with E-state index in [1.165, 1.54) is 0 Å². The standard InChI is InChI=1S/C11H17NO3/c1-8-3-4-9(2)12(7-8)10(13)5-6-11(14)15/h5-6,8-9H,3-4,7H2,1-2H3,(H,14,15). The largest absolute Gasteiger partial charge is 0.478 e. The molecule has 0 aromatic rings. The van der Waals surface area contributed by atoms with Crippen LogP contribution in [0, 0.1) is 5.92 Å². The molecule has 0 saturated carbocycles. The number of aliphatic carboxylic acids is 1. The van der Waals surface area contributed by atoms with Crippen molar-refractivity contribution < 1.29 is 14.7 Å². The van der Waals surface area contributed by atoms with Gasteiger partial charge in [0.1, 0.15) is 0 Å². The van der Waals surface area contributed by atoms with Crippen molar-refractivity contribution >= 4 is 11.9 Å². The number of carboxylic acids is 1. The first-order valence-corrected chi connectivity index (χ1v) is 5.22. The van der Waals surface area contributed by atoms with E-state index in [1.807, 2.05) is 6.92 Å². The molecule has 0 bridgehead atoms. The summed E-state index contributed by atoms with van der Waals surface area (Å²) in [6, 6.07) is 0.215. The number of piperidine rings is 1. The molecule has 1 rings (SSSR count). The zero-order valence-electron chi connectivity index (χ0n) is 9.14. The molecule has 4 heteroatoms. The third kappa shape index (κ3) is 3.38. The fourth-order valence-corrected chi connectivity index (χ4v) is 1.83. The van der Waals surface area contributed by atoms with Gasteiger partial charge in [-0.05, 0) is 25.7 Å². The maximum absolute atomic E-state index is 11.6. The quantitative estimate of drug-likeness (QED) is 0.700. The Morgan fingerprint density at radius 1 is 1.27 bits per heavy atom. The van der Waals surface area contributed by atoms with Crippen molar-refractivity contribution in [1.82, 2.24) is 4.90 Å². The molecular formula is C11H17NO3. The van der Waals surface area contributed by atoms with Crippen LogP contribution in [-0.4, -0.2) is 34.5 Å². The first-order valence-electron chi connectivity index (χ1n) is 5.22. The van der Waals surface area contributed by atoms with Gasteiger partial charge < -0.3 is 10.0 Å². The van der Waals surface area contributed by atoms with E-state index in [-0.39, 0.29) is 11.9 Å². The smallest absolute Gasteiger partial charge is 0.328 e. The van der Waals surface area contributed by atoms with Gasteiger partial charge in [-0.15, -0.1) is 0 Å². The summed E-state index contributed by atoms with van der Waals surface area (Å²) in [5.41, 5.74) is 0. The summed E-state index contributed by atoms with van der Waals surface area (Å²) in [5.74, 6) is -0.777. The Hall–Kier alpha value is -1.32. The molecule has 1 saturated heterocycles. The van der Waals surface area contributed by atoms with Crippen LogP contribution in [0.2, 0.25) is 0 Å². The second kappa shape index (κ2) is 4.96. The summed E-state index contributed by atoms with van der Waals surface area (Å²) < 4.78 is 0. The van der Waals surface area contributed by atoms with Gasteiger partial charge >= 0.3 is 5.97 Å². The predicted molar refractivity (Wildman–Crippen MR) is 56.3 cm³/mol. The lowest BCUT2D eigenvalue weighted by Crippen LogP contribution is -2.44. The number of hydrogen-bond donors (Lipinski definition) is 1. The molecule has 1 amide bonds. The number of carbonyl (C=O) groups is 2. The molecule has 1 aliphatic heterocycles. The maximum atomic E-state index is 11.6. The van der Waals surface area contributed by atoms with Crippen molar-refractivity contribution in [2.24, 2.45) is 5.92 Å².